The third kappa shape index (κ3) is 5.70. The number of nitrogens with one attached hydrogen (secondary N) is 1. The summed E-state index contributed by atoms with van der Waals surface area (Å²) in [6.07, 6.45) is -1.68. The molecule has 0 saturated heterocycles. The lowest BCUT2D eigenvalue weighted by atomic mass is 10.1. The fourth-order valence-corrected chi connectivity index (χ4v) is 1.61. The highest BCUT2D eigenvalue weighted by atomic mass is 31.2. The van der Waals surface area contributed by atoms with Gasteiger partial charge in [-0.1, -0.05) is 12.1 Å². The number of aromatic hydroxyl groups is 1. The summed E-state index contributed by atoms with van der Waals surface area (Å²) in [6, 6.07) is 4.13. The minimum absolute atomic E-state index is 0.00510. The highest BCUT2D eigenvalue weighted by Crippen LogP contribution is 2.35. The average molecular weight is 305 g/mol. The van der Waals surface area contributed by atoms with Crippen molar-refractivity contribution in [2.75, 3.05) is 0 Å². The maximum atomic E-state index is 11.1. The van der Waals surface area contributed by atoms with Crippen LogP contribution in [-0.4, -0.2) is 38.1 Å². The molecule has 5 N–H and O–H groups in total. The molecule has 9 nitrogen and oxygen atoms in total. The summed E-state index contributed by atoms with van der Waals surface area (Å²) >= 11 is 0. The Morgan fingerprint density at radius 2 is 1.80 bits per heavy atom. The van der Waals surface area contributed by atoms with Crippen LogP contribution in [0.15, 0.2) is 24.3 Å². The van der Waals surface area contributed by atoms with Crippen molar-refractivity contribution in [3.63, 3.8) is 0 Å². The largest absolute Gasteiger partial charge is 0.528 e. The quantitative estimate of drug-likeness (QED) is 0.484. The second kappa shape index (κ2) is 6.38. The molecule has 0 aliphatic heterocycles. The monoisotopic (exact) mass is 305 g/mol. The van der Waals surface area contributed by atoms with Crippen molar-refractivity contribution in [1.82, 2.24) is 5.32 Å². The Hall–Kier alpha value is -2.09. The second-order valence-corrected chi connectivity index (χ2v) is 4.94. The first kappa shape index (κ1) is 16.0. The number of hydrogen-bond donors (Lipinski definition) is 5. The van der Waals surface area contributed by atoms with Crippen LogP contribution < -0.4 is 5.32 Å². The molecule has 0 aliphatic carbocycles. The molecule has 0 bridgehead atoms. The van der Waals surface area contributed by atoms with Gasteiger partial charge in [0.05, 0.1) is 0 Å². The van der Waals surface area contributed by atoms with Gasteiger partial charge in [0.1, 0.15) is 11.8 Å². The number of carbonyl (C=O) groups excluding carboxylic acids is 1. The molecule has 1 aromatic rings. The van der Waals surface area contributed by atoms with E-state index in [0.717, 1.165) is 0 Å². The number of phosphoric acid groups is 1. The Morgan fingerprint density at radius 3 is 2.25 bits per heavy atom. The second-order valence-electron chi connectivity index (χ2n) is 3.78. The first-order valence-corrected chi connectivity index (χ1v) is 6.77. The van der Waals surface area contributed by atoms with Crippen LogP contribution in [0.25, 0.3) is 0 Å². The van der Waals surface area contributed by atoms with Gasteiger partial charge in [-0.2, -0.15) is 0 Å². The lowest BCUT2D eigenvalue weighted by Crippen LogP contribution is -2.42. The van der Waals surface area contributed by atoms with E-state index in [1.165, 1.54) is 24.3 Å². The van der Waals surface area contributed by atoms with Crippen molar-refractivity contribution >= 4 is 19.9 Å². The molecule has 1 atom stereocenters. The number of carboxylic acids is 1. The van der Waals surface area contributed by atoms with E-state index < -0.39 is 25.9 Å². The molecular formula is C10H12NO8P. The van der Waals surface area contributed by atoms with Gasteiger partial charge in [0.25, 0.3) is 0 Å². The van der Waals surface area contributed by atoms with Gasteiger partial charge in [0.2, 0.25) is 0 Å². The first-order valence-electron chi connectivity index (χ1n) is 5.24. The number of phosphoric ester groups is 1. The van der Waals surface area contributed by atoms with Crippen LogP contribution in [0.1, 0.15) is 5.56 Å². The zero-order valence-electron chi connectivity index (χ0n) is 9.96. The van der Waals surface area contributed by atoms with Gasteiger partial charge < -0.3 is 20.1 Å². The summed E-state index contributed by atoms with van der Waals surface area (Å²) in [4.78, 5) is 38.9. The van der Waals surface area contributed by atoms with Crippen molar-refractivity contribution in [1.29, 1.82) is 0 Å². The van der Waals surface area contributed by atoms with Crippen LogP contribution in [0, 0.1) is 0 Å². The maximum Gasteiger partial charge on any atom is 0.528 e. The smallest absolute Gasteiger partial charge is 0.508 e. The fraction of sp³-hybridized carbons (Fsp3) is 0.200. The van der Waals surface area contributed by atoms with Crippen molar-refractivity contribution in [3.05, 3.63) is 29.8 Å². The molecule has 20 heavy (non-hydrogen) atoms. The van der Waals surface area contributed by atoms with Crippen LogP contribution >= 0.6 is 7.82 Å². The summed E-state index contributed by atoms with van der Waals surface area (Å²) in [5.74, 6) is -1.41. The molecule has 110 valence electrons. The minimum Gasteiger partial charge on any atom is -0.508 e. The summed E-state index contributed by atoms with van der Waals surface area (Å²) in [5, 5.41) is 19.8. The molecule has 1 amide bonds. The molecule has 0 radical (unpaired) electrons. The fourth-order valence-electron chi connectivity index (χ4n) is 1.34. The van der Waals surface area contributed by atoms with Crippen LogP contribution in [0.3, 0.4) is 0 Å². The molecule has 0 spiro atoms. The van der Waals surface area contributed by atoms with Gasteiger partial charge in [0, 0.05) is 6.42 Å². The molecule has 0 aliphatic rings. The Morgan fingerprint density at radius 1 is 1.25 bits per heavy atom. The highest BCUT2D eigenvalue weighted by Gasteiger charge is 2.26. The number of hydrogen-bond acceptors (Lipinski definition) is 5. The third-order valence-corrected chi connectivity index (χ3v) is 2.57. The van der Waals surface area contributed by atoms with E-state index >= 15 is 0 Å². The van der Waals surface area contributed by atoms with Crippen LogP contribution in [0.4, 0.5) is 4.79 Å². The number of carboxylic acid groups (broad SMARTS) is 1. The van der Waals surface area contributed by atoms with E-state index in [0.29, 0.717) is 5.56 Å². The predicted octanol–water partition coefficient (Wildman–Crippen LogP) is 0.207. The van der Waals surface area contributed by atoms with E-state index in [4.69, 9.17) is 20.0 Å². The van der Waals surface area contributed by atoms with Crippen molar-refractivity contribution < 1.29 is 38.7 Å². The molecule has 1 rings (SSSR count). The molecule has 0 saturated carbocycles. The Labute approximate surface area is 113 Å². The number of benzene rings is 1. The summed E-state index contributed by atoms with van der Waals surface area (Å²) in [6.45, 7) is 0. The average Bonchev–Trinajstić information content (AvgIpc) is 2.28. The van der Waals surface area contributed by atoms with Crippen molar-refractivity contribution in [2.24, 2.45) is 0 Å². The molecule has 1 aromatic carbocycles. The summed E-state index contributed by atoms with van der Waals surface area (Å²) in [5.41, 5.74) is 0.492. The van der Waals surface area contributed by atoms with E-state index in [-0.39, 0.29) is 12.2 Å². The molecule has 0 fully saturated rings. The zero-order valence-corrected chi connectivity index (χ0v) is 10.9. The van der Waals surface area contributed by atoms with Crippen LogP contribution in [0.2, 0.25) is 0 Å². The van der Waals surface area contributed by atoms with Crippen LogP contribution in [0.5, 0.6) is 5.75 Å². The lowest BCUT2D eigenvalue weighted by molar-refractivity contribution is -0.139. The zero-order chi connectivity index (χ0) is 15.3. The topological polar surface area (TPSA) is 153 Å². The summed E-state index contributed by atoms with van der Waals surface area (Å²) < 4.78 is 14.1. The molecule has 0 heterocycles. The molecule has 0 unspecified atom stereocenters. The number of aliphatic carboxylic acids is 1. The van der Waals surface area contributed by atoms with E-state index in [1.807, 2.05) is 5.32 Å². The maximum absolute atomic E-state index is 11.1. The molecule has 0 aromatic heterocycles. The first-order chi connectivity index (χ1) is 9.17. The van der Waals surface area contributed by atoms with Gasteiger partial charge in [-0.25, -0.2) is 14.2 Å². The Kier molecular flexibility index (Phi) is 5.09. The number of phenolic OH excluding ortho intramolecular Hbond substituents is 1. The standard InChI is InChI=1S/C10H12NO8P/c12-7-3-1-6(2-4-7)5-8(9(13)14)11-10(15)19-20(16,17)18/h1-4,8,12H,5H2,(H,11,15)(H,13,14)(H2,16,17,18)/t8-/m0/s1. The van der Waals surface area contributed by atoms with Crippen molar-refractivity contribution in [2.45, 2.75) is 12.5 Å². The highest BCUT2D eigenvalue weighted by molar-refractivity contribution is 7.46. The predicted molar refractivity (Wildman–Crippen MR) is 64.9 cm³/mol. The summed E-state index contributed by atoms with van der Waals surface area (Å²) in [7, 11) is -5.04. The van der Waals surface area contributed by atoms with E-state index in [9.17, 15) is 14.2 Å². The number of carbonyl (C=O) groups is 2. The van der Waals surface area contributed by atoms with Gasteiger partial charge in [-0.15, -0.1) is 0 Å². The normalized spacial score (nSPS) is 12.5. The lowest BCUT2D eigenvalue weighted by Gasteiger charge is -2.14. The van der Waals surface area contributed by atoms with Crippen LogP contribution in [-0.2, 0) is 20.3 Å². The number of rotatable bonds is 5. The van der Waals surface area contributed by atoms with Crippen molar-refractivity contribution in [3.8, 4) is 5.75 Å². The molecular weight excluding hydrogens is 293 g/mol. The van der Waals surface area contributed by atoms with Gasteiger partial charge >= 0.3 is 19.9 Å². The SMILES string of the molecule is O=C(N[C@@H](Cc1ccc(O)cc1)C(=O)O)OP(=O)(O)O. The van der Waals surface area contributed by atoms with E-state index in [1.54, 1.807) is 0 Å². The van der Waals surface area contributed by atoms with Gasteiger partial charge in [-0.3, -0.25) is 9.79 Å². The molecule has 10 heteroatoms. The number of phenols is 1. The number of amides is 1. The van der Waals surface area contributed by atoms with E-state index in [2.05, 4.69) is 4.52 Å². The Bertz CT molecular complexity index is 537. The Balaban J connectivity index is 2.70. The minimum atomic E-state index is -5.04. The third-order valence-electron chi connectivity index (χ3n) is 2.17. The van der Waals surface area contributed by atoms with Gasteiger partial charge in [-0.05, 0) is 17.7 Å². The van der Waals surface area contributed by atoms with Gasteiger partial charge in [0.15, 0.2) is 0 Å².